The lowest BCUT2D eigenvalue weighted by Crippen LogP contribution is -2.29. The summed E-state index contributed by atoms with van der Waals surface area (Å²) in [7, 11) is -0.657. The van der Waals surface area contributed by atoms with Crippen LogP contribution in [0, 0.1) is 0 Å². The molecule has 5 nitrogen and oxygen atoms in total. The topological polar surface area (TPSA) is 64.6 Å². The van der Waals surface area contributed by atoms with Gasteiger partial charge in [-0.3, -0.25) is 0 Å². The van der Waals surface area contributed by atoms with Gasteiger partial charge >= 0.3 is 0 Å². The Balaban J connectivity index is 2.19. The molecule has 0 saturated heterocycles. The Kier molecular flexibility index (Phi) is 6.01. The van der Waals surface area contributed by atoms with Crippen molar-refractivity contribution in [3.05, 3.63) is 59.1 Å². The molecule has 1 unspecified atom stereocenters. The SMILES string of the molecule is COc1ccccc1C(CNS(=O)(=O)c1ccccc1Cl)OC. The van der Waals surface area contributed by atoms with E-state index in [9.17, 15) is 8.42 Å². The summed E-state index contributed by atoms with van der Waals surface area (Å²) in [5, 5.41) is 0.172. The molecule has 0 saturated carbocycles. The lowest BCUT2D eigenvalue weighted by molar-refractivity contribution is 0.105. The number of halogens is 1. The number of para-hydroxylation sites is 1. The molecule has 0 aliphatic heterocycles. The van der Waals surface area contributed by atoms with Crippen LogP contribution >= 0.6 is 11.6 Å². The molecule has 0 heterocycles. The smallest absolute Gasteiger partial charge is 0.242 e. The Morgan fingerprint density at radius 2 is 1.74 bits per heavy atom. The number of ether oxygens (including phenoxy) is 2. The van der Waals surface area contributed by atoms with Crippen molar-refractivity contribution in [2.45, 2.75) is 11.0 Å². The van der Waals surface area contributed by atoms with Gasteiger partial charge in [-0.15, -0.1) is 0 Å². The van der Waals surface area contributed by atoms with Gasteiger partial charge in [0, 0.05) is 19.2 Å². The van der Waals surface area contributed by atoms with E-state index in [1.54, 1.807) is 25.3 Å². The molecular weight excluding hydrogens is 338 g/mol. The van der Waals surface area contributed by atoms with Crippen molar-refractivity contribution in [3.63, 3.8) is 0 Å². The summed E-state index contributed by atoms with van der Waals surface area (Å²) in [5.74, 6) is 0.635. The zero-order valence-corrected chi connectivity index (χ0v) is 14.4. The third-order valence-electron chi connectivity index (χ3n) is 3.36. The van der Waals surface area contributed by atoms with E-state index < -0.39 is 16.1 Å². The van der Waals surface area contributed by atoms with Crippen molar-refractivity contribution >= 4 is 21.6 Å². The van der Waals surface area contributed by atoms with Crippen molar-refractivity contribution in [3.8, 4) is 5.75 Å². The molecule has 0 spiro atoms. The Bertz CT molecular complexity index is 764. The highest BCUT2D eigenvalue weighted by Gasteiger charge is 2.21. The van der Waals surface area contributed by atoms with E-state index in [-0.39, 0.29) is 16.5 Å². The summed E-state index contributed by atoms with van der Waals surface area (Å²) in [5.41, 5.74) is 0.763. The Morgan fingerprint density at radius 3 is 2.39 bits per heavy atom. The highest BCUT2D eigenvalue weighted by Crippen LogP contribution is 2.27. The van der Waals surface area contributed by atoms with Crippen molar-refractivity contribution < 1.29 is 17.9 Å². The lowest BCUT2D eigenvalue weighted by Gasteiger charge is -2.19. The van der Waals surface area contributed by atoms with E-state index in [0.717, 1.165) is 5.56 Å². The van der Waals surface area contributed by atoms with Gasteiger partial charge in [-0.1, -0.05) is 41.9 Å². The first-order chi connectivity index (χ1) is 11.0. The molecule has 2 aromatic rings. The minimum atomic E-state index is -3.73. The number of hydrogen-bond donors (Lipinski definition) is 1. The molecule has 0 fully saturated rings. The van der Waals surface area contributed by atoms with E-state index in [2.05, 4.69) is 4.72 Å². The van der Waals surface area contributed by atoms with E-state index in [4.69, 9.17) is 21.1 Å². The number of rotatable bonds is 7. The molecular formula is C16H18ClNO4S. The van der Waals surface area contributed by atoms with Crippen LogP contribution in [0.4, 0.5) is 0 Å². The van der Waals surface area contributed by atoms with Crippen LogP contribution in [0.1, 0.15) is 11.7 Å². The van der Waals surface area contributed by atoms with Crippen LogP contribution in [0.25, 0.3) is 0 Å². The molecule has 0 aliphatic rings. The van der Waals surface area contributed by atoms with Gasteiger partial charge < -0.3 is 9.47 Å². The summed E-state index contributed by atoms with van der Waals surface area (Å²) in [6, 6.07) is 13.6. The van der Waals surface area contributed by atoms with E-state index >= 15 is 0 Å². The zero-order valence-electron chi connectivity index (χ0n) is 12.8. The number of hydrogen-bond acceptors (Lipinski definition) is 4. The van der Waals surface area contributed by atoms with Gasteiger partial charge in [-0.25, -0.2) is 13.1 Å². The quantitative estimate of drug-likeness (QED) is 0.829. The average molecular weight is 356 g/mol. The largest absolute Gasteiger partial charge is 0.496 e. The maximum atomic E-state index is 12.4. The van der Waals surface area contributed by atoms with Crippen molar-refractivity contribution in [1.82, 2.24) is 4.72 Å². The molecule has 1 atom stereocenters. The Hall–Kier alpha value is -1.60. The predicted octanol–water partition coefficient (Wildman–Crippen LogP) is 3.01. The molecule has 0 amide bonds. The first-order valence-corrected chi connectivity index (χ1v) is 8.75. The van der Waals surface area contributed by atoms with E-state index in [1.165, 1.54) is 19.2 Å². The van der Waals surface area contributed by atoms with Gasteiger partial charge in [0.15, 0.2) is 0 Å². The summed E-state index contributed by atoms with van der Waals surface area (Å²) >= 11 is 5.95. The van der Waals surface area contributed by atoms with Crippen molar-refractivity contribution in [1.29, 1.82) is 0 Å². The Morgan fingerprint density at radius 1 is 1.09 bits per heavy atom. The van der Waals surface area contributed by atoms with Crippen LogP contribution in [0.2, 0.25) is 5.02 Å². The van der Waals surface area contributed by atoms with Crippen molar-refractivity contribution in [2.75, 3.05) is 20.8 Å². The molecule has 2 rings (SSSR count). The summed E-state index contributed by atoms with van der Waals surface area (Å²) < 4.78 is 38.0. The van der Waals surface area contributed by atoms with Crippen LogP contribution in [0.15, 0.2) is 53.4 Å². The van der Waals surface area contributed by atoms with Crippen LogP contribution in [-0.4, -0.2) is 29.2 Å². The third kappa shape index (κ3) is 4.23. The van der Waals surface area contributed by atoms with Gasteiger partial charge in [-0.05, 0) is 18.2 Å². The molecule has 0 aromatic heterocycles. The predicted molar refractivity (Wildman–Crippen MR) is 89.4 cm³/mol. The van der Waals surface area contributed by atoms with Gasteiger partial charge in [-0.2, -0.15) is 0 Å². The van der Waals surface area contributed by atoms with Gasteiger partial charge in [0.05, 0.1) is 18.2 Å². The standard InChI is InChI=1S/C16H18ClNO4S/c1-21-14-9-5-3-7-12(14)15(22-2)11-18-23(19,20)16-10-6-4-8-13(16)17/h3-10,15,18H,11H2,1-2H3. The van der Waals surface area contributed by atoms with E-state index in [1.807, 2.05) is 18.2 Å². The molecule has 7 heteroatoms. The van der Waals surface area contributed by atoms with Gasteiger partial charge in [0.25, 0.3) is 0 Å². The highest BCUT2D eigenvalue weighted by atomic mass is 35.5. The average Bonchev–Trinajstić information content (AvgIpc) is 2.56. The van der Waals surface area contributed by atoms with Gasteiger partial charge in [0.2, 0.25) is 10.0 Å². The van der Waals surface area contributed by atoms with Crippen LogP contribution in [-0.2, 0) is 14.8 Å². The number of nitrogens with one attached hydrogen (secondary N) is 1. The first-order valence-electron chi connectivity index (χ1n) is 6.89. The molecule has 124 valence electrons. The fourth-order valence-electron chi connectivity index (χ4n) is 2.18. The fourth-order valence-corrected chi connectivity index (χ4v) is 3.73. The minimum Gasteiger partial charge on any atom is -0.496 e. The molecule has 0 radical (unpaired) electrons. The third-order valence-corrected chi connectivity index (χ3v) is 5.28. The molecule has 23 heavy (non-hydrogen) atoms. The first kappa shape index (κ1) is 17.7. The maximum absolute atomic E-state index is 12.4. The van der Waals surface area contributed by atoms with E-state index in [0.29, 0.717) is 5.75 Å². The van der Waals surface area contributed by atoms with Crippen molar-refractivity contribution in [2.24, 2.45) is 0 Å². The van der Waals surface area contributed by atoms with Crippen LogP contribution in [0.3, 0.4) is 0 Å². The molecule has 0 bridgehead atoms. The monoisotopic (exact) mass is 355 g/mol. The Labute approximate surface area is 141 Å². The molecule has 2 aromatic carbocycles. The number of methoxy groups -OCH3 is 2. The second-order valence-electron chi connectivity index (χ2n) is 4.75. The normalized spacial score (nSPS) is 12.8. The summed E-state index contributed by atoms with van der Waals surface area (Å²) in [4.78, 5) is 0.0385. The second-order valence-corrected chi connectivity index (χ2v) is 6.89. The maximum Gasteiger partial charge on any atom is 0.242 e. The summed E-state index contributed by atoms with van der Waals surface area (Å²) in [6.07, 6.45) is -0.483. The second kappa shape index (κ2) is 7.79. The fraction of sp³-hybridized carbons (Fsp3) is 0.250. The number of benzene rings is 2. The van der Waals surface area contributed by atoms with Crippen LogP contribution in [0.5, 0.6) is 5.75 Å². The van der Waals surface area contributed by atoms with Gasteiger partial charge in [0.1, 0.15) is 10.6 Å². The summed E-state index contributed by atoms with van der Waals surface area (Å²) in [6.45, 7) is 0.0600. The van der Waals surface area contributed by atoms with Crippen LogP contribution < -0.4 is 9.46 Å². The zero-order chi connectivity index (χ0) is 16.9. The highest BCUT2D eigenvalue weighted by molar-refractivity contribution is 7.89. The number of sulfonamides is 1. The molecule has 1 N–H and O–H groups in total. The minimum absolute atomic E-state index is 0.0385. The lowest BCUT2D eigenvalue weighted by atomic mass is 10.1. The molecule has 0 aliphatic carbocycles.